The van der Waals surface area contributed by atoms with Crippen LogP contribution in [0.15, 0.2) is 89.3 Å². The fourth-order valence-corrected chi connectivity index (χ4v) is 5.07. The molecule has 1 unspecified atom stereocenters. The molecule has 0 aliphatic carbocycles. The van der Waals surface area contributed by atoms with Gasteiger partial charge in [0.2, 0.25) is 11.5 Å². The van der Waals surface area contributed by atoms with E-state index in [-0.39, 0.29) is 24.3 Å². The first kappa shape index (κ1) is 26.3. The third-order valence-electron chi connectivity index (χ3n) is 7.17. The number of benzene rings is 3. The Hall–Kier alpha value is -4.98. The molecule has 1 aliphatic heterocycles. The molecule has 0 fully saturated rings. The van der Waals surface area contributed by atoms with Crippen molar-refractivity contribution >= 4 is 22.7 Å². The lowest BCUT2D eigenvalue weighted by atomic mass is 10.1. The number of para-hydroxylation sites is 4. The minimum Gasteiger partial charge on any atom is -0.489 e. The zero-order valence-corrected chi connectivity index (χ0v) is 22.8. The third kappa shape index (κ3) is 5.41. The molecule has 1 aliphatic rings. The molecule has 0 saturated carbocycles. The molecule has 0 radical (unpaired) electrons. The van der Waals surface area contributed by atoms with Gasteiger partial charge in [0.1, 0.15) is 24.5 Å². The summed E-state index contributed by atoms with van der Waals surface area (Å²) in [6.45, 7) is 4.41. The van der Waals surface area contributed by atoms with E-state index in [1.165, 1.54) is 0 Å². The Balaban J connectivity index is 1.14. The van der Waals surface area contributed by atoms with Crippen LogP contribution in [0.5, 0.6) is 17.2 Å². The van der Waals surface area contributed by atoms with Crippen molar-refractivity contribution in [3.8, 4) is 17.2 Å². The fourth-order valence-electron chi connectivity index (χ4n) is 5.07. The van der Waals surface area contributed by atoms with Crippen molar-refractivity contribution in [2.45, 2.75) is 33.1 Å². The van der Waals surface area contributed by atoms with Crippen LogP contribution in [0.3, 0.4) is 0 Å². The van der Waals surface area contributed by atoms with Crippen LogP contribution < -0.4 is 14.2 Å². The third-order valence-corrected chi connectivity index (χ3v) is 7.17. The number of ketones is 1. The standard InChI is InChI=1S/C33H29NO7/c1-21-16-26(22(2)34(21)17-24-18-38-30-14-8-9-15-31(30)40-24)28(35)20-39-33(36)32-27(19-37-23-10-4-3-5-11-23)25-12-6-7-13-29(25)41-32/h3-16,24H,17-20H2,1-2H3. The molecule has 0 N–H and O–H groups in total. The van der Waals surface area contributed by atoms with Crippen molar-refractivity contribution in [3.05, 3.63) is 113 Å². The lowest BCUT2D eigenvalue weighted by Crippen LogP contribution is -2.33. The number of aromatic nitrogens is 1. The summed E-state index contributed by atoms with van der Waals surface area (Å²) in [5, 5.41) is 0.752. The first-order chi connectivity index (χ1) is 20.0. The molecular formula is C33H29NO7. The van der Waals surface area contributed by atoms with Crippen LogP contribution in [0.2, 0.25) is 0 Å². The van der Waals surface area contributed by atoms with Gasteiger partial charge < -0.3 is 27.9 Å². The Labute approximate surface area is 237 Å². The molecule has 41 heavy (non-hydrogen) atoms. The monoisotopic (exact) mass is 551 g/mol. The SMILES string of the molecule is Cc1cc(C(=O)COC(=O)c2oc3ccccc3c2COc2ccccc2)c(C)n1CC1COc2ccccc2O1. The smallest absolute Gasteiger partial charge is 0.375 e. The number of furan rings is 1. The largest absolute Gasteiger partial charge is 0.489 e. The number of carbonyl (C=O) groups excluding carboxylic acids is 2. The molecule has 5 aromatic rings. The van der Waals surface area contributed by atoms with Gasteiger partial charge in [0.25, 0.3) is 0 Å². The molecule has 3 heterocycles. The molecule has 1 atom stereocenters. The van der Waals surface area contributed by atoms with Gasteiger partial charge in [-0.05, 0) is 50.2 Å². The number of aryl methyl sites for hydroxylation is 1. The summed E-state index contributed by atoms with van der Waals surface area (Å²) in [5.41, 5.74) is 3.27. The van der Waals surface area contributed by atoms with E-state index in [9.17, 15) is 9.59 Å². The van der Waals surface area contributed by atoms with Crippen LogP contribution in [0.4, 0.5) is 0 Å². The predicted octanol–water partition coefficient (Wildman–Crippen LogP) is 6.31. The van der Waals surface area contributed by atoms with Gasteiger partial charge >= 0.3 is 5.97 Å². The molecule has 8 nitrogen and oxygen atoms in total. The average molecular weight is 552 g/mol. The van der Waals surface area contributed by atoms with Crippen molar-refractivity contribution in [2.75, 3.05) is 13.2 Å². The summed E-state index contributed by atoms with van der Waals surface area (Å²) in [7, 11) is 0. The van der Waals surface area contributed by atoms with E-state index in [1.54, 1.807) is 6.07 Å². The normalized spacial score (nSPS) is 14.1. The molecule has 0 saturated heterocycles. The first-order valence-electron chi connectivity index (χ1n) is 13.4. The number of Topliss-reactive ketones (excluding diaryl/α,β-unsaturated/α-hetero) is 1. The van der Waals surface area contributed by atoms with Gasteiger partial charge in [-0.1, -0.05) is 48.5 Å². The Bertz CT molecular complexity index is 1720. The number of carbonyl (C=O) groups is 2. The predicted molar refractivity (Wildman–Crippen MR) is 152 cm³/mol. The summed E-state index contributed by atoms with van der Waals surface area (Å²) in [6, 6.07) is 26.0. The Kier molecular flexibility index (Phi) is 7.20. The van der Waals surface area contributed by atoms with Crippen LogP contribution in [0, 0.1) is 13.8 Å². The fraction of sp³-hybridized carbons (Fsp3) is 0.212. The number of nitrogens with zero attached hydrogens (tertiary/aromatic N) is 1. The topological polar surface area (TPSA) is 89.1 Å². The van der Waals surface area contributed by atoms with Gasteiger partial charge in [-0.2, -0.15) is 0 Å². The molecular weight excluding hydrogens is 522 g/mol. The molecule has 0 amide bonds. The summed E-state index contributed by atoms with van der Waals surface area (Å²) >= 11 is 0. The van der Waals surface area contributed by atoms with Crippen molar-refractivity contribution in [2.24, 2.45) is 0 Å². The van der Waals surface area contributed by atoms with E-state index in [1.807, 2.05) is 97.3 Å². The summed E-state index contributed by atoms with van der Waals surface area (Å²) < 4.78 is 31.2. The molecule has 0 bridgehead atoms. The van der Waals surface area contributed by atoms with Crippen molar-refractivity contribution in [1.82, 2.24) is 4.57 Å². The van der Waals surface area contributed by atoms with Gasteiger partial charge in [0, 0.05) is 22.3 Å². The van der Waals surface area contributed by atoms with Crippen molar-refractivity contribution < 1.29 is 33.0 Å². The maximum Gasteiger partial charge on any atom is 0.375 e. The number of esters is 1. The average Bonchev–Trinajstić information content (AvgIpc) is 3.51. The Morgan fingerprint density at radius 3 is 2.49 bits per heavy atom. The molecule has 8 heteroatoms. The quantitative estimate of drug-likeness (QED) is 0.157. The summed E-state index contributed by atoms with van der Waals surface area (Å²) in [4.78, 5) is 26.3. The van der Waals surface area contributed by atoms with Crippen LogP contribution in [0.25, 0.3) is 11.0 Å². The van der Waals surface area contributed by atoms with Gasteiger partial charge in [0.05, 0.1) is 12.1 Å². The van der Waals surface area contributed by atoms with E-state index in [0.717, 1.165) is 22.5 Å². The van der Waals surface area contributed by atoms with E-state index >= 15 is 0 Å². The van der Waals surface area contributed by atoms with Crippen LogP contribution >= 0.6 is 0 Å². The maximum atomic E-state index is 13.2. The highest BCUT2D eigenvalue weighted by Gasteiger charge is 2.26. The van der Waals surface area contributed by atoms with Gasteiger partial charge in [0.15, 0.2) is 24.2 Å². The number of fused-ring (bicyclic) bond motifs is 2. The maximum absolute atomic E-state index is 13.2. The minimum absolute atomic E-state index is 0.0233. The Morgan fingerprint density at radius 1 is 0.927 bits per heavy atom. The molecule has 2 aromatic heterocycles. The van der Waals surface area contributed by atoms with E-state index in [2.05, 4.69) is 0 Å². The van der Waals surface area contributed by atoms with Crippen LogP contribution in [0.1, 0.15) is 37.9 Å². The second-order valence-corrected chi connectivity index (χ2v) is 9.90. The van der Waals surface area contributed by atoms with Crippen LogP contribution in [-0.4, -0.2) is 35.6 Å². The molecule has 3 aromatic carbocycles. The van der Waals surface area contributed by atoms with E-state index in [4.69, 9.17) is 23.4 Å². The lowest BCUT2D eigenvalue weighted by molar-refractivity contribution is 0.0442. The Morgan fingerprint density at radius 2 is 1.66 bits per heavy atom. The molecule has 6 rings (SSSR count). The highest BCUT2D eigenvalue weighted by atomic mass is 16.6. The highest BCUT2D eigenvalue weighted by molar-refractivity contribution is 6.01. The second kappa shape index (κ2) is 11.3. The molecule has 0 spiro atoms. The van der Waals surface area contributed by atoms with E-state index < -0.39 is 12.6 Å². The second-order valence-electron chi connectivity index (χ2n) is 9.90. The minimum atomic E-state index is -0.721. The number of hydrogen-bond donors (Lipinski definition) is 0. The zero-order valence-electron chi connectivity index (χ0n) is 22.8. The van der Waals surface area contributed by atoms with Gasteiger partial charge in [-0.15, -0.1) is 0 Å². The summed E-state index contributed by atoms with van der Waals surface area (Å²) in [5.74, 6) is 1.09. The highest BCUT2D eigenvalue weighted by Crippen LogP contribution is 2.32. The van der Waals surface area contributed by atoms with Crippen molar-refractivity contribution in [1.29, 1.82) is 0 Å². The zero-order chi connectivity index (χ0) is 28.3. The van der Waals surface area contributed by atoms with E-state index in [0.29, 0.717) is 41.4 Å². The first-order valence-corrected chi connectivity index (χ1v) is 13.4. The number of rotatable bonds is 9. The number of hydrogen-bond acceptors (Lipinski definition) is 7. The summed E-state index contributed by atoms with van der Waals surface area (Å²) in [6.07, 6.45) is -0.208. The van der Waals surface area contributed by atoms with Crippen LogP contribution in [-0.2, 0) is 17.9 Å². The van der Waals surface area contributed by atoms with Gasteiger partial charge in [-0.25, -0.2) is 4.79 Å². The van der Waals surface area contributed by atoms with Crippen molar-refractivity contribution in [3.63, 3.8) is 0 Å². The molecule has 208 valence electrons. The number of ether oxygens (including phenoxy) is 4. The van der Waals surface area contributed by atoms with Gasteiger partial charge in [-0.3, -0.25) is 4.79 Å². The lowest BCUT2D eigenvalue weighted by Gasteiger charge is -2.27.